The van der Waals surface area contributed by atoms with Crippen LogP contribution in [0.1, 0.15) is 58.0 Å². The van der Waals surface area contributed by atoms with Crippen molar-refractivity contribution >= 4 is 49.6 Å². The normalized spacial score (nSPS) is 25.7. The third kappa shape index (κ3) is 4.45. The number of hydrogen-bond acceptors (Lipinski definition) is 5. The number of carbonyl (C=O) groups excluding carboxylic acids is 2. The summed E-state index contributed by atoms with van der Waals surface area (Å²) in [6.07, 6.45) is 5.02. The van der Waals surface area contributed by atoms with Gasteiger partial charge in [0.2, 0.25) is 5.91 Å². The average molecular weight is 493 g/mol. The standard InChI is InChI=1S/C23H25ClN2O4S2/c24-14-7-5-13(6-8-14)17-11-18(17)21(27)26-23-20(16-3-1-2-4-19(16)31-23)22(28)25-15-9-10-32(29,30)12-15/h5-8,15,17-18H,1-4,9-12H2,(H,25,28)(H,26,27). The van der Waals surface area contributed by atoms with Crippen molar-refractivity contribution in [2.45, 2.75) is 50.5 Å². The van der Waals surface area contributed by atoms with Crippen LogP contribution in [-0.4, -0.2) is 37.8 Å². The average Bonchev–Trinajstić information content (AvgIpc) is 3.36. The summed E-state index contributed by atoms with van der Waals surface area (Å²) in [4.78, 5) is 27.3. The molecule has 1 aliphatic heterocycles. The number of sulfone groups is 1. The number of fused-ring (bicyclic) bond motifs is 1. The van der Waals surface area contributed by atoms with Crippen LogP contribution in [-0.2, 0) is 27.5 Å². The number of amides is 2. The quantitative estimate of drug-likeness (QED) is 0.661. The third-order valence-corrected chi connectivity index (χ3v) is 9.86. The Morgan fingerprint density at radius 1 is 1.09 bits per heavy atom. The highest BCUT2D eigenvalue weighted by Crippen LogP contribution is 2.49. The largest absolute Gasteiger partial charge is 0.348 e. The SMILES string of the molecule is O=C(NC1CCS(=O)(=O)C1)c1c(NC(=O)C2CC2c2ccc(Cl)cc2)sc2c1CCCC2. The topological polar surface area (TPSA) is 92.3 Å². The monoisotopic (exact) mass is 492 g/mol. The second-order valence-electron chi connectivity index (χ2n) is 8.98. The number of anilines is 1. The molecule has 2 fully saturated rings. The van der Waals surface area contributed by atoms with Gasteiger partial charge >= 0.3 is 0 Å². The zero-order valence-electron chi connectivity index (χ0n) is 17.5. The molecule has 3 atom stereocenters. The molecule has 2 heterocycles. The van der Waals surface area contributed by atoms with Crippen LogP contribution in [0.25, 0.3) is 0 Å². The molecule has 1 saturated heterocycles. The molecule has 5 rings (SSSR count). The van der Waals surface area contributed by atoms with Gasteiger partial charge in [0.15, 0.2) is 9.84 Å². The molecule has 0 spiro atoms. The highest BCUT2D eigenvalue weighted by Gasteiger charge is 2.44. The highest BCUT2D eigenvalue weighted by atomic mass is 35.5. The molecule has 1 aromatic heterocycles. The molecule has 0 radical (unpaired) electrons. The van der Waals surface area contributed by atoms with E-state index in [0.29, 0.717) is 22.0 Å². The Kier molecular flexibility index (Phi) is 5.80. The molecule has 2 amide bonds. The van der Waals surface area contributed by atoms with E-state index in [9.17, 15) is 18.0 Å². The van der Waals surface area contributed by atoms with Crippen molar-refractivity contribution in [3.8, 4) is 0 Å². The Bertz CT molecular complexity index is 1170. The maximum Gasteiger partial charge on any atom is 0.254 e. The molecule has 2 N–H and O–H groups in total. The minimum absolute atomic E-state index is 0.0163. The van der Waals surface area contributed by atoms with Crippen molar-refractivity contribution < 1.29 is 18.0 Å². The number of halogens is 1. The molecule has 32 heavy (non-hydrogen) atoms. The molecular weight excluding hydrogens is 468 g/mol. The summed E-state index contributed by atoms with van der Waals surface area (Å²) in [5.74, 6) is -0.198. The molecule has 9 heteroatoms. The van der Waals surface area contributed by atoms with E-state index in [-0.39, 0.29) is 41.2 Å². The van der Waals surface area contributed by atoms with Crippen LogP contribution in [0.2, 0.25) is 5.02 Å². The Balaban J connectivity index is 1.33. The second-order valence-corrected chi connectivity index (χ2v) is 12.7. The van der Waals surface area contributed by atoms with Gasteiger partial charge < -0.3 is 10.6 Å². The third-order valence-electron chi connectivity index (χ3n) is 6.63. The second kappa shape index (κ2) is 8.47. The summed E-state index contributed by atoms with van der Waals surface area (Å²) >= 11 is 7.46. The molecule has 2 aliphatic carbocycles. The Morgan fingerprint density at radius 3 is 2.56 bits per heavy atom. The predicted octanol–water partition coefficient (Wildman–Crippen LogP) is 3.94. The lowest BCUT2D eigenvalue weighted by Gasteiger charge is -2.15. The maximum atomic E-state index is 13.2. The summed E-state index contributed by atoms with van der Waals surface area (Å²) in [6.45, 7) is 0. The minimum atomic E-state index is -3.08. The van der Waals surface area contributed by atoms with E-state index in [2.05, 4.69) is 10.6 Å². The first kappa shape index (κ1) is 21.9. The summed E-state index contributed by atoms with van der Waals surface area (Å²) < 4.78 is 23.6. The van der Waals surface area contributed by atoms with E-state index >= 15 is 0 Å². The molecule has 170 valence electrons. The molecule has 0 bridgehead atoms. The summed E-state index contributed by atoms with van der Waals surface area (Å²) in [6, 6.07) is 7.22. The first-order valence-corrected chi connectivity index (χ1v) is 14.0. The number of nitrogens with one attached hydrogen (secondary N) is 2. The van der Waals surface area contributed by atoms with Crippen molar-refractivity contribution in [2.24, 2.45) is 5.92 Å². The lowest BCUT2D eigenvalue weighted by molar-refractivity contribution is -0.117. The molecule has 1 saturated carbocycles. The molecule has 2 aromatic rings. The van der Waals surface area contributed by atoms with Gasteiger partial charge in [-0.3, -0.25) is 9.59 Å². The van der Waals surface area contributed by atoms with Crippen molar-refractivity contribution in [1.29, 1.82) is 0 Å². The van der Waals surface area contributed by atoms with Gasteiger partial charge in [0.05, 0.1) is 17.1 Å². The number of aryl methyl sites for hydroxylation is 1. The van der Waals surface area contributed by atoms with E-state index in [0.717, 1.165) is 48.1 Å². The van der Waals surface area contributed by atoms with Gasteiger partial charge in [-0.1, -0.05) is 23.7 Å². The fourth-order valence-corrected chi connectivity index (χ4v) is 7.92. The Morgan fingerprint density at radius 2 is 1.84 bits per heavy atom. The maximum absolute atomic E-state index is 13.2. The van der Waals surface area contributed by atoms with Crippen LogP contribution in [0, 0.1) is 5.92 Å². The molecular formula is C23H25ClN2O4S2. The fraction of sp³-hybridized carbons (Fsp3) is 0.478. The van der Waals surface area contributed by atoms with E-state index in [4.69, 9.17) is 11.6 Å². The number of hydrogen-bond donors (Lipinski definition) is 2. The summed E-state index contributed by atoms with van der Waals surface area (Å²) in [5.41, 5.74) is 2.64. The van der Waals surface area contributed by atoms with E-state index in [1.54, 1.807) is 0 Å². The van der Waals surface area contributed by atoms with Crippen molar-refractivity contribution in [3.05, 3.63) is 50.9 Å². The fourth-order valence-electron chi connectivity index (χ4n) is 4.83. The lowest BCUT2D eigenvalue weighted by atomic mass is 9.95. The summed E-state index contributed by atoms with van der Waals surface area (Å²) in [5, 5.41) is 7.22. The molecule has 3 aliphatic rings. The van der Waals surface area contributed by atoms with Crippen molar-refractivity contribution in [3.63, 3.8) is 0 Å². The van der Waals surface area contributed by atoms with Gasteiger partial charge in [0.1, 0.15) is 5.00 Å². The van der Waals surface area contributed by atoms with Crippen LogP contribution in [0.15, 0.2) is 24.3 Å². The molecule has 6 nitrogen and oxygen atoms in total. The lowest BCUT2D eigenvalue weighted by Crippen LogP contribution is -2.36. The highest BCUT2D eigenvalue weighted by molar-refractivity contribution is 7.91. The number of rotatable bonds is 5. The van der Waals surface area contributed by atoms with Crippen LogP contribution < -0.4 is 10.6 Å². The van der Waals surface area contributed by atoms with E-state index in [1.165, 1.54) is 11.3 Å². The predicted molar refractivity (Wildman–Crippen MR) is 126 cm³/mol. The Labute approximate surface area is 196 Å². The Hall–Kier alpha value is -1.90. The van der Waals surface area contributed by atoms with Gasteiger partial charge in [-0.05, 0) is 67.7 Å². The van der Waals surface area contributed by atoms with Crippen LogP contribution in [0.3, 0.4) is 0 Å². The number of carbonyl (C=O) groups is 2. The van der Waals surface area contributed by atoms with Gasteiger partial charge in [-0.2, -0.15) is 0 Å². The van der Waals surface area contributed by atoms with Crippen LogP contribution in [0.5, 0.6) is 0 Å². The first-order chi connectivity index (χ1) is 15.3. The molecule has 3 unspecified atom stereocenters. The van der Waals surface area contributed by atoms with Crippen molar-refractivity contribution in [2.75, 3.05) is 16.8 Å². The van der Waals surface area contributed by atoms with Gasteiger partial charge in [-0.25, -0.2) is 8.42 Å². The van der Waals surface area contributed by atoms with Gasteiger partial charge in [0, 0.05) is 21.9 Å². The van der Waals surface area contributed by atoms with E-state index < -0.39 is 9.84 Å². The minimum Gasteiger partial charge on any atom is -0.348 e. The van der Waals surface area contributed by atoms with Crippen molar-refractivity contribution in [1.82, 2.24) is 5.32 Å². The zero-order chi connectivity index (χ0) is 22.5. The molecule has 1 aromatic carbocycles. The smallest absolute Gasteiger partial charge is 0.254 e. The van der Waals surface area contributed by atoms with Gasteiger partial charge in [0.25, 0.3) is 5.91 Å². The van der Waals surface area contributed by atoms with Crippen LogP contribution >= 0.6 is 22.9 Å². The first-order valence-electron chi connectivity index (χ1n) is 11.0. The van der Waals surface area contributed by atoms with E-state index in [1.807, 2.05) is 24.3 Å². The summed E-state index contributed by atoms with van der Waals surface area (Å²) in [7, 11) is -3.08. The van der Waals surface area contributed by atoms with Gasteiger partial charge in [-0.15, -0.1) is 11.3 Å². The zero-order valence-corrected chi connectivity index (χ0v) is 19.9. The van der Waals surface area contributed by atoms with Crippen LogP contribution in [0.4, 0.5) is 5.00 Å². The number of benzene rings is 1. The number of thiophene rings is 1.